The lowest BCUT2D eigenvalue weighted by Crippen LogP contribution is -2.22. The van der Waals surface area contributed by atoms with Gasteiger partial charge in [-0.1, -0.05) is 23.7 Å². The van der Waals surface area contributed by atoms with Gasteiger partial charge in [0.15, 0.2) is 6.61 Å². The van der Waals surface area contributed by atoms with Gasteiger partial charge in [0.25, 0.3) is 5.91 Å². The van der Waals surface area contributed by atoms with Crippen LogP contribution in [0.3, 0.4) is 0 Å². The molecule has 0 spiro atoms. The molecule has 124 valence electrons. The maximum Gasteiger partial charge on any atom is 0.264 e. The Balaban J connectivity index is 1.69. The number of rotatable bonds is 5. The number of hydrogen-bond acceptors (Lipinski definition) is 3. The van der Waals surface area contributed by atoms with Crippen LogP contribution in [0.15, 0.2) is 42.5 Å². The average molecular weight is 344 g/mol. The summed E-state index contributed by atoms with van der Waals surface area (Å²) in [5.41, 5.74) is 2.75. The van der Waals surface area contributed by atoms with Gasteiger partial charge < -0.3 is 9.30 Å². The molecule has 0 aliphatic carbocycles. The fraction of sp³-hybridized carbons (Fsp3) is 0.222. The number of carbonyl (C=O) groups excluding carboxylic acids is 1. The van der Waals surface area contributed by atoms with Gasteiger partial charge in [-0.2, -0.15) is 0 Å². The van der Waals surface area contributed by atoms with Gasteiger partial charge in [0.2, 0.25) is 5.95 Å². The molecule has 0 radical (unpaired) electrons. The molecule has 0 aliphatic rings. The number of carbonyl (C=O) groups is 1. The number of nitrogens with zero attached hydrogens (tertiary/aromatic N) is 2. The highest BCUT2D eigenvalue weighted by Crippen LogP contribution is 2.21. The van der Waals surface area contributed by atoms with E-state index in [9.17, 15) is 4.79 Å². The van der Waals surface area contributed by atoms with Gasteiger partial charge in [-0.25, -0.2) is 4.98 Å². The molecule has 1 N–H and O–H groups in total. The lowest BCUT2D eigenvalue weighted by atomic mass is 10.2. The summed E-state index contributed by atoms with van der Waals surface area (Å²) in [6.07, 6.45) is 0. The number of imidazole rings is 1. The predicted octanol–water partition coefficient (Wildman–Crippen LogP) is 4.04. The summed E-state index contributed by atoms with van der Waals surface area (Å²) in [6, 6.07) is 13.1. The van der Waals surface area contributed by atoms with Gasteiger partial charge in [0.1, 0.15) is 5.75 Å². The van der Waals surface area contributed by atoms with E-state index in [0.717, 1.165) is 16.6 Å². The molecule has 5 nitrogen and oxygen atoms in total. The van der Waals surface area contributed by atoms with Crippen molar-refractivity contribution in [1.82, 2.24) is 9.55 Å². The van der Waals surface area contributed by atoms with Crippen LogP contribution < -0.4 is 10.1 Å². The molecule has 0 unspecified atom stereocenters. The number of benzene rings is 2. The number of amides is 1. The highest BCUT2D eigenvalue weighted by Gasteiger charge is 2.12. The lowest BCUT2D eigenvalue weighted by molar-refractivity contribution is -0.118. The Kier molecular flexibility index (Phi) is 4.71. The first-order valence-electron chi connectivity index (χ1n) is 7.72. The van der Waals surface area contributed by atoms with E-state index in [1.165, 1.54) is 0 Å². The molecule has 0 bridgehead atoms. The first kappa shape index (κ1) is 16.3. The average Bonchev–Trinajstić information content (AvgIpc) is 2.92. The third-order valence-electron chi connectivity index (χ3n) is 3.72. The molecule has 24 heavy (non-hydrogen) atoms. The van der Waals surface area contributed by atoms with Crippen LogP contribution in [0.4, 0.5) is 5.95 Å². The second-order valence-corrected chi connectivity index (χ2v) is 5.82. The molecule has 6 heteroatoms. The SMILES string of the molecule is CCn1c(NC(=O)COc2ccc(Cl)c(C)c2)nc2ccccc21. The quantitative estimate of drug-likeness (QED) is 0.760. The van der Waals surface area contributed by atoms with Crippen molar-refractivity contribution in [2.45, 2.75) is 20.4 Å². The van der Waals surface area contributed by atoms with Gasteiger partial charge in [0, 0.05) is 11.6 Å². The summed E-state index contributed by atoms with van der Waals surface area (Å²) >= 11 is 5.98. The summed E-state index contributed by atoms with van der Waals surface area (Å²) in [6.45, 7) is 4.52. The highest BCUT2D eigenvalue weighted by molar-refractivity contribution is 6.31. The van der Waals surface area contributed by atoms with Crippen molar-refractivity contribution in [1.29, 1.82) is 0 Å². The molecule has 1 heterocycles. The molecular formula is C18H18ClN3O2. The fourth-order valence-electron chi connectivity index (χ4n) is 2.51. The molecule has 0 aliphatic heterocycles. The number of para-hydroxylation sites is 2. The third kappa shape index (κ3) is 3.36. The largest absolute Gasteiger partial charge is 0.484 e. The maximum atomic E-state index is 12.2. The Morgan fingerprint density at radius 3 is 2.83 bits per heavy atom. The highest BCUT2D eigenvalue weighted by atomic mass is 35.5. The molecule has 0 fully saturated rings. The number of fused-ring (bicyclic) bond motifs is 1. The molecule has 3 aromatic rings. The Hall–Kier alpha value is -2.53. The zero-order chi connectivity index (χ0) is 17.1. The van der Waals surface area contributed by atoms with Crippen LogP contribution in [0.1, 0.15) is 12.5 Å². The minimum atomic E-state index is -0.257. The summed E-state index contributed by atoms with van der Waals surface area (Å²) < 4.78 is 7.47. The Morgan fingerprint density at radius 2 is 2.08 bits per heavy atom. The van der Waals surface area contributed by atoms with Gasteiger partial charge in [-0.05, 0) is 49.7 Å². The topological polar surface area (TPSA) is 56.2 Å². The second kappa shape index (κ2) is 6.93. The summed E-state index contributed by atoms with van der Waals surface area (Å²) in [7, 11) is 0. The van der Waals surface area contributed by atoms with E-state index in [2.05, 4.69) is 10.3 Å². The van der Waals surface area contributed by atoms with Crippen LogP contribution in [0.25, 0.3) is 11.0 Å². The van der Waals surface area contributed by atoms with Crippen LogP contribution in [-0.4, -0.2) is 22.1 Å². The van der Waals surface area contributed by atoms with E-state index < -0.39 is 0 Å². The van der Waals surface area contributed by atoms with E-state index >= 15 is 0 Å². The van der Waals surface area contributed by atoms with E-state index in [1.54, 1.807) is 18.2 Å². The molecule has 0 saturated heterocycles. The zero-order valence-electron chi connectivity index (χ0n) is 13.5. The normalized spacial score (nSPS) is 10.8. The van der Waals surface area contributed by atoms with Gasteiger partial charge in [-0.15, -0.1) is 0 Å². The monoisotopic (exact) mass is 343 g/mol. The molecule has 0 saturated carbocycles. The van der Waals surface area contributed by atoms with Crippen LogP contribution in [0.5, 0.6) is 5.75 Å². The minimum Gasteiger partial charge on any atom is -0.484 e. The van der Waals surface area contributed by atoms with E-state index in [1.807, 2.05) is 42.7 Å². The predicted molar refractivity (Wildman–Crippen MR) is 95.7 cm³/mol. The van der Waals surface area contributed by atoms with Crippen molar-refractivity contribution < 1.29 is 9.53 Å². The number of halogens is 1. The van der Waals surface area contributed by atoms with Crippen molar-refractivity contribution in [3.63, 3.8) is 0 Å². The van der Waals surface area contributed by atoms with Gasteiger partial charge in [-0.3, -0.25) is 10.1 Å². The standard InChI is InChI=1S/C18H18ClN3O2/c1-3-22-16-7-5-4-6-15(16)20-18(22)21-17(23)11-24-13-8-9-14(19)12(2)10-13/h4-10H,3,11H2,1-2H3,(H,20,21,23). The zero-order valence-corrected chi connectivity index (χ0v) is 14.3. The summed E-state index contributed by atoms with van der Waals surface area (Å²) in [5, 5.41) is 3.48. The smallest absolute Gasteiger partial charge is 0.264 e. The Morgan fingerprint density at radius 1 is 1.29 bits per heavy atom. The van der Waals surface area contributed by atoms with Crippen LogP contribution in [-0.2, 0) is 11.3 Å². The fourth-order valence-corrected chi connectivity index (χ4v) is 2.63. The Bertz CT molecular complexity index is 889. The van der Waals surface area contributed by atoms with E-state index in [0.29, 0.717) is 23.3 Å². The number of ether oxygens (including phenoxy) is 1. The molecule has 1 amide bonds. The van der Waals surface area contributed by atoms with E-state index in [4.69, 9.17) is 16.3 Å². The number of anilines is 1. The Labute approximate surface area is 145 Å². The number of hydrogen-bond donors (Lipinski definition) is 1. The van der Waals surface area contributed by atoms with Crippen LogP contribution in [0, 0.1) is 6.92 Å². The van der Waals surface area contributed by atoms with Crippen molar-refractivity contribution >= 4 is 34.5 Å². The van der Waals surface area contributed by atoms with Crippen molar-refractivity contribution in [2.75, 3.05) is 11.9 Å². The maximum absolute atomic E-state index is 12.2. The third-order valence-corrected chi connectivity index (χ3v) is 4.15. The summed E-state index contributed by atoms with van der Waals surface area (Å²) in [5.74, 6) is 0.878. The molecule has 2 aromatic carbocycles. The van der Waals surface area contributed by atoms with Crippen molar-refractivity contribution in [2.24, 2.45) is 0 Å². The second-order valence-electron chi connectivity index (χ2n) is 5.42. The lowest BCUT2D eigenvalue weighted by Gasteiger charge is -2.09. The first-order chi connectivity index (χ1) is 11.6. The number of nitrogens with one attached hydrogen (secondary N) is 1. The van der Waals surface area contributed by atoms with Gasteiger partial charge in [0.05, 0.1) is 11.0 Å². The molecule has 1 aromatic heterocycles. The number of aromatic nitrogens is 2. The van der Waals surface area contributed by atoms with Crippen LogP contribution >= 0.6 is 11.6 Å². The number of aryl methyl sites for hydroxylation is 2. The molecule has 3 rings (SSSR count). The first-order valence-corrected chi connectivity index (χ1v) is 8.10. The van der Waals surface area contributed by atoms with Crippen molar-refractivity contribution in [3.8, 4) is 5.75 Å². The minimum absolute atomic E-state index is 0.0893. The van der Waals surface area contributed by atoms with Crippen LogP contribution in [0.2, 0.25) is 5.02 Å². The van der Waals surface area contributed by atoms with Gasteiger partial charge >= 0.3 is 0 Å². The summed E-state index contributed by atoms with van der Waals surface area (Å²) in [4.78, 5) is 16.6. The van der Waals surface area contributed by atoms with Crippen molar-refractivity contribution in [3.05, 3.63) is 53.1 Å². The van der Waals surface area contributed by atoms with E-state index in [-0.39, 0.29) is 12.5 Å². The molecule has 0 atom stereocenters. The molecular weight excluding hydrogens is 326 g/mol.